The molecule has 3 heteroatoms. The fraction of sp³-hybridized carbons (Fsp3) is 0.565. The Kier molecular flexibility index (Phi) is 7.14. The van der Waals surface area contributed by atoms with Gasteiger partial charge in [0, 0.05) is 0 Å². The molecule has 2 rings (SSSR count). The monoisotopic (exact) mass is 364 g/mol. The number of alkyl halides is 3. The Bertz CT molecular complexity index is 741. The van der Waals surface area contributed by atoms with Crippen LogP contribution in [0, 0.1) is 0 Å². The second kappa shape index (κ2) is 8.92. The van der Waals surface area contributed by atoms with Gasteiger partial charge in [0.1, 0.15) is 0 Å². The molecule has 0 saturated heterocycles. The summed E-state index contributed by atoms with van der Waals surface area (Å²) in [6.45, 7) is 8.59. The molecule has 2 aromatic carbocycles. The summed E-state index contributed by atoms with van der Waals surface area (Å²) in [5, 5.41) is 1.86. The van der Waals surface area contributed by atoms with Gasteiger partial charge in [-0.15, -0.1) is 0 Å². The zero-order chi connectivity index (χ0) is 19.3. The van der Waals surface area contributed by atoms with E-state index < -0.39 is 11.7 Å². The van der Waals surface area contributed by atoms with Gasteiger partial charge in [-0.1, -0.05) is 59.4 Å². The molecule has 0 aliphatic rings. The molecule has 0 N–H and O–H groups in total. The van der Waals surface area contributed by atoms with E-state index in [1.807, 2.05) is 0 Å². The lowest BCUT2D eigenvalue weighted by molar-refractivity contribution is -0.137. The minimum atomic E-state index is -4.30. The Balaban J connectivity index is 2.91. The van der Waals surface area contributed by atoms with Gasteiger partial charge in [-0.05, 0) is 70.8 Å². The highest BCUT2D eigenvalue weighted by molar-refractivity contribution is 5.92. The van der Waals surface area contributed by atoms with Crippen LogP contribution in [0.4, 0.5) is 13.2 Å². The van der Waals surface area contributed by atoms with Gasteiger partial charge in [0.2, 0.25) is 0 Å². The summed E-state index contributed by atoms with van der Waals surface area (Å²) in [5.41, 5.74) is 4.63. The molecule has 0 radical (unpaired) electrons. The van der Waals surface area contributed by atoms with Crippen molar-refractivity contribution in [1.29, 1.82) is 0 Å². The molecule has 0 unspecified atom stereocenters. The van der Waals surface area contributed by atoms with Crippen LogP contribution in [0.5, 0.6) is 0 Å². The summed E-state index contributed by atoms with van der Waals surface area (Å²) in [6, 6.07) is 4.37. The van der Waals surface area contributed by atoms with Crippen LogP contribution in [0.3, 0.4) is 0 Å². The molecule has 0 aromatic heterocycles. The molecule has 0 saturated carbocycles. The van der Waals surface area contributed by atoms with Crippen LogP contribution in [0.15, 0.2) is 18.2 Å². The molecule has 0 fully saturated rings. The van der Waals surface area contributed by atoms with Crippen molar-refractivity contribution >= 4 is 10.8 Å². The smallest absolute Gasteiger partial charge is 0.166 e. The molecule has 0 atom stereocenters. The highest BCUT2D eigenvalue weighted by Crippen LogP contribution is 2.38. The van der Waals surface area contributed by atoms with Crippen molar-refractivity contribution < 1.29 is 13.2 Å². The summed E-state index contributed by atoms with van der Waals surface area (Å²) in [5.74, 6) is 0. The largest absolute Gasteiger partial charge is 0.416 e. The highest BCUT2D eigenvalue weighted by atomic mass is 19.4. The van der Waals surface area contributed by atoms with Gasteiger partial charge in [-0.2, -0.15) is 13.2 Å². The fourth-order valence-corrected chi connectivity index (χ4v) is 4.10. The Hall–Kier alpha value is -1.51. The van der Waals surface area contributed by atoms with E-state index in [2.05, 4.69) is 27.7 Å². The lowest BCUT2D eigenvalue weighted by Gasteiger charge is -2.23. The molecule has 0 nitrogen and oxygen atoms in total. The van der Waals surface area contributed by atoms with Crippen LogP contribution in [0.2, 0.25) is 0 Å². The van der Waals surface area contributed by atoms with Crippen molar-refractivity contribution in [2.24, 2.45) is 0 Å². The molecule has 26 heavy (non-hydrogen) atoms. The fourth-order valence-electron chi connectivity index (χ4n) is 4.10. The highest BCUT2D eigenvalue weighted by Gasteiger charge is 2.31. The van der Waals surface area contributed by atoms with Crippen LogP contribution in [-0.2, 0) is 31.9 Å². The molecule has 0 amide bonds. The van der Waals surface area contributed by atoms with Gasteiger partial charge in [0.15, 0.2) is 0 Å². The van der Waals surface area contributed by atoms with Crippen molar-refractivity contribution in [3.8, 4) is 0 Å². The SMILES string of the molecule is CCCc1c(CCC)c(CCC)c2cc(C(F)(F)F)ccc2c1CCC. The average Bonchev–Trinajstić information content (AvgIpc) is 2.59. The second-order valence-electron chi connectivity index (χ2n) is 7.17. The standard InChI is InChI=1S/C23H31F3/c1-5-9-17-18(10-6-2)20(12-8-4)22-15-16(23(24,25)26)13-14-21(22)19(17)11-7-3/h13-15H,5-12H2,1-4H3. The number of hydrogen-bond acceptors (Lipinski definition) is 0. The molecule has 0 spiro atoms. The second-order valence-corrected chi connectivity index (χ2v) is 7.17. The Morgan fingerprint density at radius 3 is 1.46 bits per heavy atom. The molecule has 0 heterocycles. The number of benzene rings is 2. The number of hydrogen-bond donors (Lipinski definition) is 0. The Morgan fingerprint density at radius 2 is 1.04 bits per heavy atom. The Morgan fingerprint density at radius 1 is 0.615 bits per heavy atom. The van der Waals surface area contributed by atoms with E-state index in [1.165, 1.54) is 28.8 Å². The number of halogens is 3. The predicted molar refractivity (Wildman–Crippen MR) is 105 cm³/mol. The van der Waals surface area contributed by atoms with Crippen molar-refractivity contribution in [3.05, 3.63) is 46.0 Å². The summed E-state index contributed by atoms with van der Waals surface area (Å²) in [6.07, 6.45) is 3.47. The van der Waals surface area contributed by atoms with Gasteiger partial charge in [-0.3, -0.25) is 0 Å². The van der Waals surface area contributed by atoms with Crippen molar-refractivity contribution in [2.45, 2.75) is 85.2 Å². The van der Waals surface area contributed by atoms with Gasteiger partial charge in [-0.25, -0.2) is 0 Å². The first-order valence-corrected chi connectivity index (χ1v) is 10.0. The minimum absolute atomic E-state index is 0.532. The van der Waals surface area contributed by atoms with Crippen molar-refractivity contribution in [1.82, 2.24) is 0 Å². The zero-order valence-corrected chi connectivity index (χ0v) is 16.5. The lowest BCUT2D eigenvalue weighted by atomic mass is 9.82. The maximum absolute atomic E-state index is 13.3. The predicted octanol–water partition coefficient (Wildman–Crippen LogP) is 7.67. The summed E-state index contributed by atoms with van der Waals surface area (Å²) in [4.78, 5) is 0. The van der Waals surface area contributed by atoms with Gasteiger partial charge in [0.25, 0.3) is 0 Å². The van der Waals surface area contributed by atoms with E-state index >= 15 is 0 Å². The van der Waals surface area contributed by atoms with Crippen LogP contribution >= 0.6 is 0 Å². The Labute approximate surface area is 155 Å². The molecule has 0 bridgehead atoms. The molecule has 144 valence electrons. The molecule has 0 aliphatic carbocycles. The quantitative estimate of drug-likeness (QED) is 0.451. The molecular weight excluding hydrogens is 333 g/mol. The van der Waals surface area contributed by atoms with Crippen LogP contribution in [0.1, 0.15) is 81.2 Å². The minimum Gasteiger partial charge on any atom is -0.166 e. The van der Waals surface area contributed by atoms with Crippen molar-refractivity contribution in [2.75, 3.05) is 0 Å². The van der Waals surface area contributed by atoms with Crippen LogP contribution in [0.25, 0.3) is 10.8 Å². The third-order valence-corrected chi connectivity index (χ3v) is 5.09. The normalized spacial score (nSPS) is 12.1. The summed E-state index contributed by atoms with van der Waals surface area (Å²) >= 11 is 0. The maximum Gasteiger partial charge on any atom is 0.416 e. The van der Waals surface area contributed by atoms with Gasteiger partial charge < -0.3 is 0 Å². The first-order chi connectivity index (χ1) is 12.4. The van der Waals surface area contributed by atoms with E-state index in [0.717, 1.165) is 67.7 Å². The van der Waals surface area contributed by atoms with E-state index in [0.29, 0.717) is 0 Å². The molecular formula is C23H31F3. The number of fused-ring (bicyclic) bond motifs is 1. The average molecular weight is 364 g/mol. The van der Waals surface area contributed by atoms with Crippen LogP contribution < -0.4 is 0 Å². The maximum atomic E-state index is 13.3. The third kappa shape index (κ3) is 4.24. The van der Waals surface area contributed by atoms with E-state index in [4.69, 9.17) is 0 Å². The van der Waals surface area contributed by atoms with E-state index in [-0.39, 0.29) is 0 Å². The topological polar surface area (TPSA) is 0 Å². The molecule has 2 aromatic rings. The van der Waals surface area contributed by atoms with Crippen LogP contribution in [-0.4, -0.2) is 0 Å². The van der Waals surface area contributed by atoms with Gasteiger partial charge >= 0.3 is 6.18 Å². The third-order valence-electron chi connectivity index (χ3n) is 5.09. The number of rotatable bonds is 8. The number of aryl methyl sites for hydroxylation is 2. The van der Waals surface area contributed by atoms with Gasteiger partial charge in [0.05, 0.1) is 5.56 Å². The zero-order valence-electron chi connectivity index (χ0n) is 16.5. The van der Waals surface area contributed by atoms with Crippen molar-refractivity contribution in [3.63, 3.8) is 0 Å². The first kappa shape index (κ1) is 20.8. The van der Waals surface area contributed by atoms with E-state index in [1.54, 1.807) is 6.07 Å². The summed E-state index contributed by atoms with van der Waals surface area (Å²) < 4.78 is 40.0. The summed E-state index contributed by atoms with van der Waals surface area (Å²) in [7, 11) is 0. The first-order valence-electron chi connectivity index (χ1n) is 10.0. The molecule has 0 aliphatic heterocycles. The lowest BCUT2D eigenvalue weighted by Crippen LogP contribution is -2.09. The van der Waals surface area contributed by atoms with E-state index in [9.17, 15) is 13.2 Å².